The van der Waals surface area contributed by atoms with Crippen molar-refractivity contribution in [1.82, 2.24) is 5.32 Å². The van der Waals surface area contributed by atoms with Crippen LogP contribution in [0.5, 0.6) is 0 Å². The topological polar surface area (TPSA) is 78.4 Å². The second kappa shape index (κ2) is 6.06. The van der Waals surface area contributed by atoms with Crippen LogP contribution in [-0.2, 0) is 0 Å². The first-order valence-corrected chi connectivity index (χ1v) is 7.29. The molecule has 1 aliphatic carbocycles. The summed E-state index contributed by atoms with van der Waals surface area (Å²) in [6.07, 6.45) is 5.52. The number of amides is 2. The van der Waals surface area contributed by atoms with Gasteiger partial charge in [-0.3, -0.25) is 5.32 Å². The number of carbonyl (C=O) groups is 2. The zero-order chi connectivity index (χ0) is 13.8. The molecule has 6 heteroatoms. The van der Waals surface area contributed by atoms with E-state index in [0.717, 1.165) is 30.6 Å². The highest BCUT2D eigenvalue weighted by molar-refractivity contribution is 7.16. The summed E-state index contributed by atoms with van der Waals surface area (Å²) < 4.78 is 0. The van der Waals surface area contributed by atoms with Gasteiger partial charge in [0.2, 0.25) is 0 Å². The highest BCUT2D eigenvalue weighted by atomic mass is 32.1. The van der Waals surface area contributed by atoms with Crippen LogP contribution in [0.3, 0.4) is 0 Å². The highest BCUT2D eigenvalue weighted by Gasteiger charge is 2.19. The minimum Gasteiger partial charge on any atom is -0.478 e. The second-order valence-corrected chi connectivity index (χ2v) is 6.09. The molecule has 0 atom stereocenters. The van der Waals surface area contributed by atoms with E-state index in [1.54, 1.807) is 6.07 Å². The molecule has 0 spiro atoms. The summed E-state index contributed by atoms with van der Waals surface area (Å²) >= 11 is 1.28. The molecular weight excluding hydrogens is 264 g/mol. The molecular formula is C13H18N2O3S. The number of rotatable bonds is 3. The van der Waals surface area contributed by atoms with Gasteiger partial charge in [0, 0.05) is 10.9 Å². The SMILES string of the molecule is Cc1cc(C(=O)O)c(NC(=O)NC2CCCCC2)s1. The summed E-state index contributed by atoms with van der Waals surface area (Å²) in [5.74, 6) is -1.02. The third-order valence-corrected chi connectivity index (χ3v) is 4.22. The molecule has 1 saturated carbocycles. The largest absolute Gasteiger partial charge is 0.478 e. The molecule has 1 fully saturated rings. The molecule has 3 N–H and O–H groups in total. The van der Waals surface area contributed by atoms with E-state index >= 15 is 0 Å². The smallest absolute Gasteiger partial charge is 0.338 e. The molecule has 1 aromatic rings. The molecule has 1 heterocycles. The summed E-state index contributed by atoms with van der Waals surface area (Å²) in [6, 6.07) is 1.47. The Morgan fingerprint density at radius 3 is 2.63 bits per heavy atom. The quantitative estimate of drug-likeness (QED) is 0.796. The van der Waals surface area contributed by atoms with E-state index in [1.165, 1.54) is 17.8 Å². The number of urea groups is 1. The molecule has 0 bridgehead atoms. The minimum atomic E-state index is -1.02. The predicted octanol–water partition coefficient (Wildman–Crippen LogP) is 3.21. The Hall–Kier alpha value is -1.56. The van der Waals surface area contributed by atoms with Crippen LogP contribution in [0.15, 0.2) is 6.07 Å². The lowest BCUT2D eigenvalue weighted by Gasteiger charge is -2.22. The molecule has 1 aliphatic rings. The van der Waals surface area contributed by atoms with Gasteiger partial charge < -0.3 is 10.4 Å². The molecule has 0 unspecified atom stereocenters. The van der Waals surface area contributed by atoms with Gasteiger partial charge in [0.1, 0.15) is 5.00 Å². The summed E-state index contributed by atoms with van der Waals surface area (Å²) in [5, 5.41) is 15.0. The van der Waals surface area contributed by atoms with Gasteiger partial charge in [-0.1, -0.05) is 19.3 Å². The van der Waals surface area contributed by atoms with Crippen molar-refractivity contribution < 1.29 is 14.7 Å². The molecule has 0 radical (unpaired) electrons. The molecule has 2 amide bonds. The van der Waals surface area contributed by atoms with Crippen molar-refractivity contribution in [2.45, 2.75) is 45.1 Å². The van der Waals surface area contributed by atoms with E-state index < -0.39 is 5.97 Å². The number of hydrogen-bond donors (Lipinski definition) is 3. The molecule has 2 rings (SSSR count). The van der Waals surface area contributed by atoms with Crippen LogP contribution >= 0.6 is 11.3 Å². The Morgan fingerprint density at radius 2 is 2.00 bits per heavy atom. The van der Waals surface area contributed by atoms with Gasteiger partial charge >= 0.3 is 12.0 Å². The third kappa shape index (κ3) is 3.70. The van der Waals surface area contributed by atoms with Gasteiger partial charge in [-0.15, -0.1) is 11.3 Å². The third-order valence-electron chi connectivity index (χ3n) is 3.25. The van der Waals surface area contributed by atoms with Crippen molar-refractivity contribution in [1.29, 1.82) is 0 Å². The molecule has 0 saturated heterocycles. The van der Waals surface area contributed by atoms with Crippen LogP contribution in [0.25, 0.3) is 0 Å². The monoisotopic (exact) mass is 282 g/mol. The first-order chi connectivity index (χ1) is 9.06. The maximum atomic E-state index is 11.9. The minimum absolute atomic E-state index is 0.154. The summed E-state index contributed by atoms with van der Waals surface area (Å²) in [4.78, 5) is 23.8. The van der Waals surface area contributed by atoms with Crippen molar-refractivity contribution in [3.05, 3.63) is 16.5 Å². The van der Waals surface area contributed by atoms with Crippen LogP contribution in [0.4, 0.5) is 9.80 Å². The lowest BCUT2D eigenvalue weighted by molar-refractivity contribution is 0.0698. The first kappa shape index (κ1) is 13.9. The fourth-order valence-electron chi connectivity index (χ4n) is 2.34. The van der Waals surface area contributed by atoms with E-state index in [0.29, 0.717) is 5.00 Å². The predicted molar refractivity (Wildman–Crippen MR) is 75.0 cm³/mol. The number of aryl methyl sites for hydroxylation is 1. The fraction of sp³-hybridized carbons (Fsp3) is 0.538. The van der Waals surface area contributed by atoms with Gasteiger partial charge in [0.05, 0.1) is 5.56 Å². The molecule has 0 aliphatic heterocycles. The zero-order valence-corrected chi connectivity index (χ0v) is 11.7. The Bertz CT molecular complexity index is 478. The van der Waals surface area contributed by atoms with Crippen LogP contribution in [0.2, 0.25) is 0 Å². The standard InChI is InChI=1S/C13H18N2O3S/c1-8-7-10(12(16)17)11(19-8)15-13(18)14-9-5-3-2-4-6-9/h7,9H,2-6H2,1H3,(H,16,17)(H2,14,15,18). The number of carboxylic acid groups (broad SMARTS) is 1. The molecule has 0 aromatic carbocycles. The number of nitrogens with one attached hydrogen (secondary N) is 2. The zero-order valence-electron chi connectivity index (χ0n) is 10.9. The van der Waals surface area contributed by atoms with Gasteiger partial charge in [0.25, 0.3) is 0 Å². The first-order valence-electron chi connectivity index (χ1n) is 6.47. The number of aromatic carboxylic acids is 1. The number of thiophene rings is 1. The summed E-state index contributed by atoms with van der Waals surface area (Å²) in [7, 11) is 0. The molecule has 1 aromatic heterocycles. The normalized spacial score (nSPS) is 16.1. The van der Waals surface area contributed by atoms with Crippen molar-refractivity contribution in [2.75, 3.05) is 5.32 Å². The van der Waals surface area contributed by atoms with Crippen molar-refractivity contribution in [2.24, 2.45) is 0 Å². The second-order valence-electron chi connectivity index (χ2n) is 4.84. The van der Waals surface area contributed by atoms with Gasteiger partial charge in [-0.25, -0.2) is 9.59 Å². The Labute approximate surface area is 116 Å². The van der Waals surface area contributed by atoms with Gasteiger partial charge in [-0.2, -0.15) is 0 Å². The lowest BCUT2D eigenvalue weighted by atomic mass is 9.96. The maximum Gasteiger partial charge on any atom is 0.338 e. The van der Waals surface area contributed by atoms with Crippen LogP contribution in [-0.4, -0.2) is 23.1 Å². The molecule has 104 valence electrons. The molecule has 5 nitrogen and oxygen atoms in total. The van der Waals surface area contributed by atoms with Crippen molar-refractivity contribution in [3.8, 4) is 0 Å². The molecule has 19 heavy (non-hydrogen) atoms. The Balaban J connectivity index is 1.96. The van der Waals surface area contributed by atoms with Crippen molar-refractivity contribution >= 4 is 28.3 Å². The number of anilines is 1. The summed E-state index contributed by atoms with van der Waals surface area (Å²) in [6.45, 7) is 1.82. The van der Waals surface area contributed by atoms with Crippen LogP contribution in [0, 0.1) is 6.92 Å². The van der Waals surface area contributed by atoms with E-state index in [4.69, 9.17) is 5.11 Å². The lowest BCUT2D eigenvalue weighted by Crippen LogP contribution is -2.39. The van der Waals surface area contributed by atoms with Gasteiger partial charge in [-0.05, 0) is 25.8 Å². The fourth-order valence-corrected chi connectivity index (χ4v) is 3.24. The van der Waals surface area contributed by atoms with E-state index in [1.807, 2.05) is 6.92 Å². The Kier molecular flexibility index (Phi) is 4.42. The van der Waals surface area contributed by atoms with E-state index in [2.05, 4.69) is 10.6 Å². The van der Waals surface area contributed by atoms with E-state index in [9.17, 15) is 9.59 Å². The van der Waals surface area contributed by atoms with Crippen molar-refractivity contribution in [3.63, 3.8) is 0 Å². The average molecular weight is 282 g/mol. The number of hydrogen-bond acceptors (Lipinski definition) is 3. The van der Waals surface area contributed by atoms with E-state index in [-0.39, 0.29) is 17.6 Å². The summed E-state index contributed by atoms with van der Waals surface area (Å²) in [5.41, 5.74) is 0.154. The maximum absolute atomic E-state index is 11.9. The number of carbonyl (C=O) groups excluding carboxylic acids is 1. The van der Waals surface area contributed by atoms with Gasteiger partial charge in [0.15, 0.2) is 0 Å². The van der Waals surface area contributed by atoms with Crippen LogP contribution in [0.1, 0.15) is 47.3 Å². The van der Waals surface area contributed by atoms with Crippen LogP contribution < -0.4 is 10.6 Å². The Morgan fingerprint density at radius 1 is 1.32 bits per heavy atom. The average Bonchev–Trinajstić information content (AvgIpc) is 2.71. The number of carboxylic acids is 1. The highest BCUT2D eigenvalue weighted by Crippen LogP contribution is 2.27.